The summed E-state index contributed by atoms with van der Waals surface area (Å²) < 4.78 is 0. The average molecular weight is 191 g/mol. The molecule has 2 rings (SSSR count). The van der Waals surface area contributed by atoms with Gasteiger partial charge in [-0.15, -0.1) is 0 Å². The van der Waals surface area contributed by atoms with E-state index in [1.54, 1.807) is 12.1 Å². The Kier molecular flexibility index (Phi) is 2.04. The molecule has 1 aliphatic rings. The molecule has 0 heterocycles. The first kappa shape index (κ1) is 8.87. The number of nitro groups is 1. The number of carbonyl (C=O) groups is 1. The predicted octanol–water partition coefficient (Wildman–Crippen LogP) is 1.90. The summed E-state index contributed by atoms with van der Waals surface area (Å²) in [6.45, 7) is 0. The number of non-ortho nitro benzene ring substituents is 1. The molecule has 4 heteroatoms. The van der Waals surface area contributed by atoms with Gasteiger partial charge in [0.1, 0.15) is 6.29 Å². The summed E-state index contributed by atoms with van der Waals surface area (Å²) in [5.74, 6) is 0.268. The van der Waals surface area contributed by atoms with Crippen molar-refractivity contribution in [3.8, 4) is 0 Å². The van der Waals surface area contributed by atoms with Gasteiger partial charge in [-0.1, -0.05) is 12.1 Å². The third kappa shape index (κ3) is 1.51. The highest BCUT2D eigenvalue weighted by Gasteiger charge is 2.38. The molecule has 0 aliphatic heterocycles. The molecule has 0 radical (unpaired) electrons. The van der Waals surface area contributed by atoms with Gasteiger partial charge in [0.2, 0.25) is 0 Å². The van der Waals surface area contributed by atoms with Gasteiger partial charge in [-0.25, -0.2) is 0 Å². The zero-order valence-corrected chi connectivity index (χ0v) is 7.42. The number of aldehydes is 1. The van der Waals surface area contributed by atoms with E-state index in [0.717, 1.165) is 18.3 Å². The van der Waals surface area contributed by atoms with Crippen molar-refractivity contribution in [3.05, 3.63) is 39.9 Å². The van der Waals surface area contributed by atoms with Gasteiger partial charge in [-0.2, -0.15) is 0 Å². The van der Waals surface area contributed by atoms with Crippen LogP contribution in [-0.4, -0.2) is 11.2 Å². The topological polar surface area (TPSA) is 60.2 Å². The van der Waals surface area contributed by atoms with Crippen LogP contribution in [0.5, 0.6) is 0 Å². The number of carbonyl (C=O) groups excluding carboxylic acids is 1. The predicted molar refractivity (Wildman–Crippen MR) is 50.0 cm³/mol. The summed E-state index contributed by atoms with van der Waals surface area (Å²) in [5.41, 5.74) is 0.996. The van der Waals surface area contributed by atoms with E-state index in [9.17, 15) is 14.9 Å². The SMILES string of the molecule is O=CC1CC1c1cccc([N+](=O)[O-])c1. The molecule has 4 nitrogen and oxygen atoms in total. The monoisotopic (exact) mass is 191 g/mol. The molecule has 1 aromatic carbocycles. The molecular formula is C10H9NO3. The summed E-state index contributed by atoms with van der Waals surface area (Å²) in [4.78, 5) is 20.5. The minimum Gasteiger partial charge on any atom is -0.303 e. The molecule has 1 fully saturated rings. The summed E-state index contributed by atoms with van der Waals surface area (Å²) >= 11 is 0. The second-order valence-corrected chi connectivity index (χ2v) is 3.49. The van der Waals surface area contributed by atoms with E-state index in [4.69, 9.17) is 0 Å². The molecule has 0 aromatic heterocycles. The molecule has 14 heavy (non-hydrogen) atoms. The van der Waals surface area contributed by atoms with Crippen molar-refractivity contribution in [1.82, 2.24) is 0 Å². The van der Waals surface area contributed by atoms with Gasteiger partial charge in [0.15, 0.2) is 0 Å². The standard InChI is InChI=1S/C10H9NO3/c12-6-8-5-10(8)7-2-1-3-9(4-7)11(13)14/h1-4,6,8,10H,5H2. The Hall–Kier alpha value is -1.71. The van der Waals surface area contributed by atoms with E-state index in [1.165, 1.54) is 6.07 Å². The van der Waals surface area contributed by atoms with Crippen LogP contribution < -0.4 is 0 Å². The fourth-order valence-corrected chi connectivity index (χ4v) is 1.62. The Labute approximate surface area is 80.7 Å². The maximum atomic E-state index is 10.5. The number of hydrogen-bond donors (Lipinski definition) is 0. The van der Waals surface area contributed by atoms with Crippen molar-refractivity contribution in [2.75, 3.05) is 0 Å². The zero-order chi connectivity index (χ0) is 10.1. The summed E-state index contributed by atoms with van der Waals surface area (Å²) in [6.07, 6.45) is 1.74. The van der Waals surface area contributed by atoms with Crippen LogP contribution >= 0.6 is 0 Å². The largest absolute Gasteiger partial charge is 0.303 e. The molecule has 0 saturated heterocycles. The van der Waals surface area contributed by atoms with Crippen LogP contribution in [0.3, 0.4) is 0 Å². The number of nitro benzene ring substituents is 1. The van der Waals surface area contributed by atoms with Crippen molar-refractivity contribution in [3.63, 3.8) is 0 Å². The first-order valence-electron chi connectivity index (χ1n) is 4.42. The first-order valence-corrected chi connectivity index (χ1v) is 4.42. The Morgan fingerprint density at radius 1 is 1.50 bits per heavy atom. The van der Waals surface area contributed by atoms with E-state index in [2.05, 4.69) is 0 Å². The lowest BCUT2D eigenvalue weighted by atomic mass is 10.1. The van der Waals surface area contributed by atoms with E-state index >= 15 is 0 Å². The van der Waals surface area contributed by atoms with Crippen molar-refractivity contribution < 1.29 is 9.72 Å². The second-order valence-electron chi connectivity index (χ2n) is 3.49. The Bertz CT molecular complexity index is 389. The van der Waals surface area contributed by atoms with Crippen molar-refractivity contribution in [2.24, 2.45) is 5.92 Å². The van der Waals surface area contributed by atoms with Gasteiger partial charge in [0.05, 0.1) is 4.92 Å². The van der Waals surface area contributed by atoms with Gasteiger partial charge in [0, 0.05) is 18.1 Å². The van der Waals surface area contributed by atoms with Crippen LogP contribution in [-0.2, 0) is 4.79 Å². The Balaban J connectivity index is 2.23. The highest BCUT2D eigenvalue weighted by atomic mass is 16.6. The van der Waals surface area contributed by atoms with Crippen LogP contribution in [0.4, 0.5) is 5.69 Å². The van der Waals surface area contributed by atoms with Gasteiger partial charge < -0.3 is 4.79 Å². The third-order valence-electron chi connectivity index (χ3n) is 2.52. The second kappa shape index (κ2) is 3.21. The third-order valence-corrected chi connectivity index (χ3v) is 2.52. The van der Waals surface area contributed by atoms with Gasteiger partial charge >= 0.3 is 0 Å². The summed E-state index contributed by atoms with van der Waals surface area (Å²) in [6, 6.07) is 6.50. The lowest BCUT2D eigenvalue weighted by Crippen LogP contribution is -1.90. The molecule has 1 aliphatic carbocycles. The molecule has 1 aromatic rings. The lowest BCUT2D eigenvalue weighted by molar-refractivity contribution is -0.384. The summed E-state index contributed by atoms with van der Waals surface area (Å²) in [5, 5.41) is 10.5. The van der Waals surface area contributed by atoms with Crippen molar-refractivity contribution in [1.29, 1.82) is 0 Å². The van der Waals surface area contributed by atoms with Crippen LogP contribution in [0.15, 0.2) is 24.3 Å². The highest BCUT2D eigenvalue weighted by molar-refractivity contribution is 5.61. The van der Waals surface area contributed by atoms with Gasteiger partial charge in [0.25, 0.3) is 5.69 Å². The smallest absolute Gasteiger partial charge is 0.269 e. The lowest BCUT2D eigenvalue weighted by Gasteiger charge is -1.97. The number of rotatable bonds is 3. The van der Waals surface area contributed by atoms with Crippen LogP contribution in [0.25, 0.3) is 0 Å². The molecular weight excluding hydrogens is 182 g/mol. The first-order chi connectivity index (χ1) is 6.72. The van der Waals surface area contributed by atoms with Crippen LogP contribution in [0.1, 0.15) is 17.9 Å². The van der Waals surface area contributed by atoms with E-state index in [0.29, 0.717) is 0 Å². The fraction of sp³-hybridized carbons (Fsp3) is 0.300. The maximum Gasteiger partial charge on any atom is 0.269 e. The zero-order valence-electron chi connectivity index (χ0n) is 7.42. The molecule has 0 spiro atoms. The molecule has 2 unspecified atom stereocenters. The normalized spacial score (nSPS) is 24.3. The molecule has 0 amide bonds. The highest BCUT2D eigenvalue weighted by Crippen LogP contribution is 2.46. The maximum absolute atomic E-state index is 10.5. The molecule has 72 valence electrons. The Morgan fingerprint density at radius 2 is 2.29 bits per heavy atom. The summed E-state index contributed by atoms with van der Waals surface area (Å²) in [7, 11) is 0. The van der Waals surface area contributed by atoms with Crippen molar-refractivity contribution >= 4 is 12.0 Å². The van der Waals surface area contributed by atoms with E-state index in [-0.39, 0.29) is 17.5 Å². The van der Waals surface area contributed by atoms with Crippen LogP contribution in [0.2, 0.25) is 0 Å². The number of hydrogen-bond acceptors (Lipinski definition) is 3. The molecule has 1 saturated carbocycles. The number of benzene rings is 1. The quantitative estimate of drug-likeness (QED) is 0.416. The van der Waals surface area contributed by atoms with Gasteiger partial charge in [-0.3, -0.25) is 10.1 Å². The molecule has 0 bridgehead atoms. The fourth-order valence-electron chi connectivity index (χ4n) is 1.62. The number of nitrogens with zero attached hydrogens (tertiary/aromatic N) is 1. The van der Waals surface area contributed by atoms with Gasteiger partial charge in [-0.05, 0) is 17.9 Å². The average Bonchev–Trinajstić information content (AvgIpc) is 2.97. The van der Waals surface area contributed by atoms with Crippen LogP contribution in [0, 0.1) is 16.0 Å². The minimum atomic E-state index is -0.415. The minimum absolute atomic E-state index is 0.0667. The molecule has 2 atom stereocenters. The van der Waals surface area contributed by atoms with E-state index in [1.807, 2.05) is 6.07 Å². The Morgan fingerprint density at radius 3 is 2.86 bits per heavy atom. The molecule has 0 N–H and O–H groups in total. The van der Waals surface area contributed by atoms with Crippen molar-refractivity contribution in [2.45, 2.75) is 12.3 Å². The van der Waals surface area contributed by atoms with E-state index < -0.39 is 4.92 Å².